The van der Waals surface area contributed by atoms with Crippen LogP contribution in [0.1, 0.15) is 11.1 Å². The van der Waals surface area contributed by atoms with E-state index in [0.29, 0.717) is 16.5 Å². The molecule has 74 valence electrons. The zero-order chi connectivity index (χ0) is 10.8. The minimum atomic E-state index is -0.899. The molecule has 2 aromatic rings. The number of carbonyl (C=O) groups is 1. The van der Waals surface area contributed by atoms with Crippen LogP contribution in [0.2, 0.25) is 0 Å². The Kier molecular flexibility index (Phi) is 2.14. The first kappa shape index (κ1) is 9.28. The highest BCUT2D eigenvalue weighted by atomic mass is 16.4. The Labute approximate surface area is 85.8 Å². The fraction of sp³-hybridized carbons (Fsp3) is 0.0909. The lowest BCUT2D eigenvalue weighted by atomic mass is 10.1. The van der Waals surface area contributed by atoms with Crippen molar-refractivity contribution in [2.75, 3.05) is 0 Å². The lowest BCUT2D eigenvalue weighted by Gasteiger charge is -1.96. The molecule has 0 aliphatic heterocycles. The smallest absolute Gasteiger partial charge is 0.307 e. The molecule has 2 rings (SSSR count). The van der Waals surface area contributed by atoms with E-state index in [9.17, 15) is 4.79 Å². The second kappa shape index (κ2) is 3.46. The van der Waals surface area contributed by atoms with E-state index in [4.69, 9.17) is 10.4 Å². The summed E-state index contributed by atoms with van der Waals surface area (Å²) in [7, 11) is 0. The number of nitrogens with zero attached hydrogens (tertiary/aromatic N) is 1. The topological polar surface area (TPSA) is 76.9 Å². The van der Waals surface area contributed by atoms with E-state index in [1.54, 1.807) is 18.3 Å². The summed E-state index contributed by atoms with van der Waals surface area (Å²) >= 11 is 0. The number of nitrogens with one attached hydrogen (secondary N) is 1. The molecule has 4 nitrogen and oxygen atoms in total. The van der Waals surface area contributed by atoms with Gasteiger partial charge in [-0.15, -0.1) is 0 Å². The Hall–Kier alpha value is -2.28. The van der Waals surface area contributed by atoms with Gasteiger partial charge in [0.25, 0.3) is 0 Å². The highest BCUT2D eigenvalue weighted by Gasteiger charge is 2.10. The van der Waals surface area contributed by atoms with E-state index in [1.165, 1.54) is 0 Å². The maximum atomic E-state index is 10.6. The molecule has 1 aromatic heterocycles. The minimum Gasteiger partial charge on any atom is -0.481 e. The van der Waals surface area contributed by atoms with Crippen LogP contribution >= 0.6 is 0 Å². The number of aromatic amines is 1. The standard InChI is InChI=1S/C11H8N2O2/c12-5-7-2-1-3-9-11(7)8(6-13-9)4-10(14)15/h1-3,6,13H,4H2,(H,14,15). The predicted molar refractivity (Wildman–Crippen MR) is 54.4 cm³/mol. The van der Waals surface area contributed by atoms with E-state index in [2.05, 4.69) is 11.1 Å². The third-order valence-corrected chi connectivity index (χ3v) is 2.25. The van der Waals surface area contributed by atoms with Crippen LogP contribution in [0.15, 0.2) is 24.4 Å². The molecule has 1 heterocycles. The summed E-state index contributed by atoms with van der Waals surface area (Å²) in [6, 6.07) is 7.33. The lowest BCUT2D eigenvalue weighted by Crippen LogP contribution is -1.99. The quantitative estimate of drug-likeness (QED) is 0.774. The molecule has 0 radical (unpaired) electrons. The Balaban J connectivity index is 2.67. The second-order valence-electron chi connectivity index (χ2n) is 3.22. The molecule has 0 atom stereocenters. The number of hydrogen-bond donors (Lipinski definition) is 2. The molecule has 4 heteroatoms. The van der Waals surface area contributed by atoms with Crippen LogP contribution in [0.3, 0.4) is 0 Å². The second-order valence-corrected chi connectivity index (χ2v) is 3.22. The van der Waals surface area contributed by atoms with Gasteiger partial charge in [-0.2, -0.15) is 5.26 Å². The first-order valence-electron chi connectivity index (χ1n) is 4.43. The van der Waals surface area contributed by atoms with Gasteiger partial charge in [-0.1, -0.05) is 6.07 Å². The number of carboxylic acids is 1. The van der Waals surface area contributed by atoms with Gasteiger partial charge in [0.2, 0.25) is 0 Å². The van der Waals surface area contributed by atoms with E-state index in [1.807, 2.05) is 6.07 Å². The zero-order valence-corrected chi connectivity index (χ0v) is 7.82. The van der Waals surface area contributed by atoms with Gasteiger partial charge in [0.1, 0.15) is 0 Å². The van der Waals surface area contributed by atoms with Crippen molar-refractivity contribution >= 4 is 16.9 Å². The molecule has 0 saturated heterocycles. The fourth-order valence-electron chi connectivity index (χ4n) is 1.65. The SMILES string of the molecule is N#Cc1cccc2[nH]cc(CC(=O)O)c12. The number of rotatable bonds is 2. The third-order valence-electron chi connectivity index (χ3n) is 2.25. The van der Waals surface area contributed by atoms with Crippen molar-refractivity contribution < 1.29 is 9.90 Å². The van der Waals surface area contributed by atoms with Crippen molar-refractivity contribution in [3.8, 4) is 6.07 Å². The van der Waals surface area contributed by atoms with Gasteiger partial charge in [0.05, 0.1) is 18.1 Å². The molecule has 0 spiro atoms. The summed E-state index contributed by atoms with van der Waals surface area (Å²) in [6.07, 6.45) is 1.57. The van der Waals surface area contributed by atoms with Gasteiger partial charge in [-0.05, 0) is 17.7 Å². The van der Waals surface area contributed by atoms with E-state index >= 15 is 0 Å². The number of carboxylic acid groups (broad SMARTS) is 1. The molecule has 15 heavy (non-hydrogen) atoms. The van der Waals surface area contributed by atoms with Gasteiger partial charge in [0.15, 0.2) is 0 Å². The highest BCUT2D eigenvalue weighted by Crippen LogP contribution is 2.22. The van der Waals surface area contributed by atoms with Gasteiger partial charge in [-0.3, -0.25) is 4.79 Å². The number of aliphatic carboxylic acids is 1. The zero-order valence-electron chi connectivity index (χ0n) is 7.82. The number of aromatic nitrogens is 1. The first-order chi connectivity index (χ1) is 7.22. The predicted octanol–water partition coefficient (Wildman–Crippen LogP) is 1.67. The maximum Gasteiger partial charge on any atom is 0.307 e. The van der Waals surface area contributed by atoms with E-state index in [0.717, 1.165) is 5.52 Å². The van der Waals surface area contributed by atoms with Gasteiger partial charge in [0, 0.05) is 17.1 Å². The molecule has 2 N–H and O–H groups in total. The number of nitriles is 1. The molecule has 0 aliphatic carbocycles. The van der Waals surface area contributed by atoms with Crippen LogP contribution < -0.4 is 0 Å². The summed E-state index contributed by atoms with van der Waals surface area (Å²) in [4.78, 5) is 13.6. The molecule has 0 fully saturated rings. The van der Waals surface area contributed by atoms with Crippen LogP contribution in [0, 0.1) is 11.3 Å². The van der Waals surface area contributed by atoms with Gasteiger partial charge in [-0.25, -0.2) is 0 Å². The minimum absolute atomic E-state index is 0.0707. The average molecular weight is 200 g/mol. The van der Waals surface area contributed by atoms with Crippen LogP contribution in [-0.4, -0.2) is 16.1 Å². The largest absolute Gasteiger partial charge is 0.481 e. The van der Waals surface area contributed by atoms with E-state index in [-0.39, 0.29) is 6.42 Å². The van der Waals surface area contributed by atoms with Crippen molar-refractivity contribution in [1.82, 2.24) is 4.98 Å². The molecular weight excluding hydrogens is 192 g/mol. The summed E-state index contributed by atoms with van der Waals surface area (Å²) in [6.45, 7) is 0. The fourth-order valence-corrected chi connectivity index (χ4v) is 1.65. The normalized spacial score (nSPS) is 10.1. The van der Waals surface area contributed by atoms with Crippen molar-refractivity contribution in [1.29, 1.82) is 5.26 Å². The first-order valence-corrected chi connectivity index (χ1v) is 4.43. The third kappa shape index (κ3) is 1.55. The van der Waals surface area contributed by atoms with Crippen molar-refractivity contribution in [3.63, 3.8) is 0 Å². The molecular formula is C11H8N2O2. The van der Waals surface area contributed by atoms with Crippen LogP contribution in [0.5, 0.6) is 0 Å². The number of H-pyrrole nitrogens is 1. The van der Waals surface area contributed by atoms with Crippen molar-refractivity contribution in [2.45, 2.75) is 6.42 Å². The summed E-state index contributed by atoms with van der Waals surface area (Å²) in [5.41, 5.74) is 1.95. The number of benzene rings is 1. The molecule has 0 bridgehead atoms. The highest BCUT2D eigenvalue weighted by molar-refractivity contribution is 5.91. The average Bonchev–Trinajstić information content (AvgIpc) is 2.61. The monoisotopic (exact) mass is 200 g/mol. The van der Waals surface area contributed by atoms with Crippen LogP contribution in [-0.2, 0) is 11.2 Å². The Bertz CT molecular complexity index is 563. The van der Waals surface area contributed by atoms with Crippen LogP contribution in [0.25, 0.3) is 10.9 Å². The van der Waals surface area contributed by atoms with E-state index < -0.39 is 5.97 Å². The molecule has 1 aromatic carbocycles. The van der Waals surface area contributed by atoms with Gasteiger partial charge < -0.3 is 10.1 Å². The summed E-state index contributed by atoms with van der Waals surface area (Å²) in [5.74, 6) is -0.899. The molecule has 0 aliphatic rings. The molecule has 0 amide bonds. The number of hydrogen-bond acceptors (Lipinski definition) is 2. The maximum absolute atomic E-state index is 10.6. The van der Waals surface area contributed by atoms with Crippen LogP contribution in [0.4, 0.5) is 0 Å². The molecule has 0 saturated carbocycles. The number of fused-ring (bicyclic) bond motifs is 1. The summed E-state index contributed by atoms with van der Waals surface area (Å²) in [5, 5.41) is 18.3. The van der Waals surface area contributed by atoms with Crippen molar-refractivity contribution in [2.24, 2.45) is 0 Å². The Morgan fingerprint density at radius 2 is 2.33 bits per heavy atom. The Morgan fingerprint density at radius 3 is 3.00 bits per heavy atom. The van der Waals surface area contributed by atoms with Crippen molar-refractivity contribution in [3.05, 3.63) is 35.5 Å². The van der Waals surface area contributed by atoms with Gasteiger partial charge >= 0.3 is 5.97 Å². The Morgan fingerprint density at radius 1 is 1.53 bits per heavy atom. The molecule has 0 unspecified atom stereocenters. The lowest BCUT2D eigenvalue weighted by molar-refractivity contribution is -0.136. The summed E-state index contributed by atoms with van der Waals surface area (Å²) < 4.78 is 0.